The molecular formula is C21H28N4O2S. The minimum atomic E-state index is -0.301. The van der Waals surface area contributed by atoms with E-state index >= 15 is 0 Å². The molecule has 0 N–H and O–H groups in total. The van der Waals surface area contributed by atoms with Crippen molar-refractivity contribution >= 4 is 17.2 Å². The Morgan fingerprint density at radius 2 is 2.04 bits per heavy atom. The Bertz CT molecular complexity index is 829. The fourth-order valence-corrected chi connectivity index (χ4v) is 4.75. The van der Waals surface area contributed by atoms with E-state index < -0.39 is 0 Å². The first kappa shape index (κ1) is 19.5. The Kier molecular flexibility index (Phi) is 5.75. The lowest BCUT2D eigenvalue weighted by Gasteiger charge is -2.40. The van der Waals surface area contributed by atoms with Gasteiger partial charge in [-0.15, -0.1) is 11.3 Å². The summed E-state index contributed by atoms with van der Waals surface area (Å²) in [5, 5.41) is 3.09. The maximum absolute atomic E-state index is 12.9. The molecule has 150 valence electrons. The Hall–Kier alpha value is -1.83. The van der Waals surface area contributed by atoms with Crippen LogP contribution in [-0.4, -0.2) is 57.5 Å². The largest absolute Gasteiger partial charge is 0.373 e. The molecule has 0 saturated carbocycles. The molecule has 2 aliphatic rings. The molecular weight excluding hydrogens is 372 g/mol. The highest BCUT2D eigenvalue weighted by atomic mass is 32.1. The van der Waals surface area contributed by atoms with Crippen molar-refractivity contribution in [3.63, 3.8) is 0 Å². The zero-order chi connectivity index (χ0) is 19.6. The molecule has 2 aliphatic heterocycles. The zero-order valence-corrected chi connectivity index (χ0v) is 17.5. The standard InChI is InChI=1S/C21H28N4O2S/c1-16-18(4-3-7-22-16)13-24-8-5-21(6-9-24)12-20(26)25(10-11-27-21)14-19-15-28-17(2)23-19/h3-4,7,15H,5-6,8-14H2,1-2H3. The van der Waals surface area contributed by atoms with Crippen LogP contribution in [0.5, 0.6) is 0 Å². The Morgan fingerprint density at radius 1 is 1.21 bits per heavy atom. The highest BCUT2D eigenvalue weighted by Gasteiger charge is 2.40. The molecule has 0 bridgehead atoms. The van der Waals surface area contributed by atoms with Crippen molar-refractivity contribution in [2.75, 3.05) is 26.2 Å². The average molecular weight is 401 g/mol. The van der Waals surface area contributed by atoms with Crippen LogP contribution in [0.2, 0.25) is 0 Å². The van der Waals surface area contributed by atoms with Crippen LogP contribution >= 0.6 is 11.3 Å². The third-order valence-corrected chi connectivity index (χ3v) is 6.71. The molecule has 1 spiro atoms. The number of aryl methyl sites for hydroxylation is 2. The van der Waals surface area contributed by atoms with Crippen molar-refractivity contribution in [3.05, 3.63) is 45.7 Å². The summed E-state index contributed by atoms with van der Waals surface area (Å²) in [5.41, 5.74) is 3.05. The van der Waals surface area contributed by atoms with E-state index in [0.29, 0.717) is 26.1 Å². The van der Waals surface area contributed by atoms with Gasteiger partial charge in [-0.1, -0.05) is 6.07 Å². The smallest absolute Gasteiger partial charge is 0.225 e. The van der Waals surface area contributed by atoms with E-state index in [9.17, 15) is 4.79 Å². The van der Waals surface area contributed by atoms with Crippen molar-refractivity contribution in [2.24, 2.45) is 0 Å². The summed E-state index contributed by atoms with van der Waals surface area (Å²) in [7, 11) is 0. The van der Waals surface area contributed by atoms with E-state index in [1.54, 1.807) is 11.3 Å². The van der Waals surface area contributed by atoms with Gasteiger partial charge in [0.05, 0.1) is 35.9 Å². The molecule has 6 nitrogen and oxygen atoms in total. The maximum atomic E-state index is 12.9. The molecule has 2 saturated heterocycles. The number of piperidine rings is 1. The number of rotatable bonds is 4. The second-order valence-corrected chi connectivity index (χ2v) is 8.97. The van der Waals surface area contributed by atoms with Crippen LogP contribution in [0.4, 0.5) is 0 Å². The minimum Gasteiger partial charge on any atom is -0.373 e. The van der Waals surface area contributed by atoms with Crippen LogP contribution < -0.4 is 0 Å². The number of pyridine rings is 1. The van der Waals surface area contributed by atoms with E-state index in [1.165, 1.54) is 5.56 Å². The summed E-state index contributed by atoms with van der Waals surface area (Å²) in [6, 6.07) is 4.15. The zero-order valence-electron chi connectivity index (χ0n) is 16.7. The molecule has 7 heteroatoms. The van der Waals surface area contributed by atoms with Crippen molar-refractivity contribution in [1.82, 2.24) is 19.8 Å². The quantitative estimate of drug-likeness (QED) is 0.790. The summed E-state index contributed by atoms with van der Waals surface area (Å²) < 4.78 is 6.28. The van der Waals surface area contributed by atoms with Crippen molar-refractivity contribution in [1.29, 1.82) is 0 Å². The highest BCUT2D eigenvalue weighted by molar-refractivity contribution is 7.09. The molecule has 0 aromatic carbocycles. The number of ether oxygens (including phenoxy) is 1. The molecule has 2 aromatic heterocycles. The van der Waals surface area contributed by atoms with Gasteiger partial charge in [-0.3, -0.25) is 14.7 Å². The molecule has 2 aromatic rings. The number of thiazole rings is 1. The van der Waals surface area contributed by atoms with Gasteiger partial charge in [0.2, 0.25) is 5.91 Å². The van der Waals surface area contributed by atoms with Gasteiger partial charge in [0.1, 0.15) is 0 Å². The molecule has 0 radical (unpaired) electrons. The normalized spacial score (nSPS) is 20.5. The van der Waals surface area contributed by atoms with Gasteiger partial charge in [-0.2, -0.15) is 0 Å². The summed E-state index contributed by atoms with van der Waals surface area (Å²) in [6.45, 7) is 8.73. The topological polar surface area (TPSA) is 58.6 Å². The summed E-state index contributed by atoms with van der Waals surface area (Å²) in [6.07, 6.45) is 4.13. The molecule has 1 amide bonds. The van der Waals surface area contributed by atoms with Crippen LogP contribution in [0.25, 0.3) is 0 Å². The first-order chi connectivity index (χ1) is 13.5. The van der Waals surface area contributed by atoms with E-state index in [0.717, 1.165) is 48.9 Å². The monoisotopic (exact) mass is 400 g/mol. The molecule has 0 aliphatic carbocycles. The van der Waals surface area contributed by atoms with E-state index in [1.807, 2.05) is 29.5 Å². The second kappa shape index (κ2) is 8.27. The lowest BCUT2D eigenvalue weighted by atomic mass is 9.87. The molecule has 28 heavy (non-hydrogen) atoms. The molecule has 0 atom stereocenters. The molecule has 0 unspecified atom stereocenters. The van der Waals surface area contributed by atoms with E-state index in [-0.39, 0.29) is 11.5 Å². The van der Waals surface area contributed by atoms with Gasteiger partial charge in [-0.05, 0) is 38.3 Å². The fraction of sp³-hybridized carbons (Fsp3) is 0.571. The van der Waals surface area contributed by atoms with E-state index in [2.05, 4.69) is 27.9 Å². The summed E-state index contributed by atoms with van der Waals surface area (Å²) in [5.74, 6) is 0.194. The van der Waals surface area contributed by atoms with Gasteiger partial charge < -0.3 is 9.64 Å². The lowest BCUT2D eigenvalue weighted by molar-refractivity contribution is -0.136. The number of aromatic nitrogens is 2. The number of likely N-dealkylation sites (tertiary alicyclic amines) is 1. The summed E-state index contributed by atoms with van der Waals surface area (Å²) in [4.78, 5) is 26.2. The fourth-order valence-electron chi connectivity index (χ4n) is 4.14. The second-order valence-electron chi connectivity index (χ2n) is 7.91. The number of hydrogen-bond donors (Lipinski definition) is 0. The number of carbonyl (C=O) groups excluding carboxylic acids is 1. The Labute approximate surface area is 170 Å². The third-order valence-electron chi connectivity index (χ3n) is 5.89. The first-order valence-electron chi connectivity index (χ1n) is 9.99. The lowest BCUT2D eigenvalue weighted by Crippen LogP contribution is -2.47. The number of amides is 1. The van der Waals surface area contributed by atoms with Gasteiger partial charge in [0.15, 0.2) is 0 Å². The summed E-state index contributed by atoms with van der Waals surface area (Å²) >= 11 is 1.63. The predicted octanol–water partition coefficient (Wildman–Crippen LogP) is 2.94. The highest BCUT2D eigenvalue weighted by Crippen LogP contribution is 2.33. The van der Waals surface area contributed by atoms with Crippen molar-refractivity contribution < 1.29 is 9.53 Å². The van der Waals surface area contributed by atoms with Crippen LogP contribution in [0.3, 0.4) is 0 Å². The van der Waals surface area contributed by atoms with E-state index in [4.69, 9.17) is 4.74 Å². The molecule has 2 fully saturated rings. The van der Waals surface area contributed by atoms with Gasteiger partial charge in [-0.25, -0.2) is 4.98 Å². The van der Waals surface area contributed by atoms with Gasteiger partial charge in [0, 0.05) is 43.4 Å². The van der Waals surface area contributed by atoms with Gasteiger partial charge >= 0.3 is 0 Å². The van der Waals surface area contributed by atoms with Crippen LogP contribution in [0, 0.1) is 13.8 Å². The number of hydrogen-bond acceptors (Lipinski definition) is 6. The van der Waals surface area contributed by atoms with Crippen LogP contribution in [0.15, 0.2) is 23.7 Å². The minimum absolute atomic E-state index is 0.194. The van der Waals surface area contributed by atoms with Crippen LogP contribution in [-0.2, 0) is 22.6 Å². The predicted molar refractivity (Wildman–Crippen MR) is 109 cm³/mol. The number of carbonyl (C=O) groups is 1. The third kappa shape index (κ3) is 4.42. The molecule has 4 heterocycles. The maximum Gasteiger partial charge on any atom is 0.225 e. The Morgan fingerprint density at radius 3 is 2.75 bits per heavy atom. The molecule has 4 rings (SSSR count). The number of nitrogens with zero attached hydrogens (tertiary/aromatic N) is 4. The average Bonchev–Trinajstić information content (AvgIpc) is 3.02. The van der Waals surface area contributed by atoms with Crippen LogP contribution in [0.1, 0.15) is 41.2 Å². The Balaban J connectivity index is 1.35. The van der Waals surface area contributed by atoms with Crippen molar-refractivity contribution in [3.8, 4) is 0 Å². The van der Waals surface area contributed by atoms with Crippen molar-refractivity contribution in [2.45, 2.75) is 51.8 Å². The first-order valence-corrected chi connectivity index (χ1v) is 10.9. The SMILES string of the molecule is Cc1nc(CN2CCOC3(CCN(Cc4cccnc4C)CC3)CC2=O)cs1. The van der Waals surface area contributed by atoms with Gasteiger partial charge in [0.25, 0.3) is 0 Å².